The van der Waals surface area contributed by atoms with Crippen LogP contribution < -0.4 is 5.73 Å². The van der Waals surface area contributed by atoms with Crippen LogP contribution in [-0.4, -0.2) is 19.8 Å². The van der Waals surface area contributed by atoms with Gasteiger partial charge in [0.25, 0.3) is 0 Å². The second-order valence-corrected chi connectivity index (χ2v) is 8.08. The first-order valence-corrected chi connectivity index (χ1v) is 9.04. The summed E-state index contributed by atoms with van der Waals surface area (Å²) < 4.78 is 26.8. The zero-order valence-electron chi connectivity index (χ0n) is 11.8. The molecule has 0 aliphatic carbocycles. The van der Waals surface area contributed by atoms with Gasteiger partial charge in [0, 0.05) is 30.0 Å². The van der Waals surface area contributed by atoms with Gasteiger partial charge in [0.05, 0.1) is 0 Å². The third-order valence-corrected chi connectivity index (χ3v) is 6.85. The molecule has 0 saturated carbocycles. The van der Waals surface area contributed by atoms with Gasteiger partial charge in [-0.3, -0.25) is 0 Å². The largest absolute Gasteiger partial charge is 0.326 e. The fourth-order valence-corrected chi connectivity index (χ4v) is 5.07. The predicted molar refractivity (Wildman–Crippen MR) is 87.1 cm³/mol. The Balaban J connectivity index is 2.35. The average molecular weight is 345 g/mol. The van der Waals surface area contributed by atoms with Gasteiger partial charge in [-0.15, -0.1) is 11.3 Å². The van der Waals surface area contributed by atoms with E-state index in [0.29, 0.717) is 14.8 Å². The summed E-state index contributed by atoms with van der Waals surface area (Å²) in [5.74, 6) is 0. The van der Waals surface area contributed by atoms with Gasteiger partial charge in [-0.25, -0.2) is 8.42 Å². The monoisotopic (exact) mass is 344 g/mol. The molecule has 0 aliphatic rings. The van der Waals surface area contributed by atoms with Gasteiger partial charge >= 0.3 is 0 Å². The molecule has 1 heterocycles. The van der Waals surface area contributed by atoms with Gasteiger partial charge in [-0.1, -0.05) is 29.8 Å². The van der Waals surface area contributed by atoms with Crippen molar-refractivity contribution in [2.24, 2.45) is 5.73 Å². The van der Waals surface area contributed by atoms with E-state index in [2.05, 4.69) is 0 Å². The summed E-state index contributed by atoms with van der Waals surface area (Å²) in [6.07, 6.45) is 0. The van der Waals surface area contributed by atoms with E-state index in [1.807, 2.05) is 23.6 Å². The SMILES string of the molecule is Cc1csc(CN)c1S(=O)(=O)N(C)Cc1ccccc1Cl. The molecule has 0 spiro atoms. The number of rotatable bonds is 5. The van der Waals surface area contributed by atoms with Gasteiger partial charge in [-0.2, -0.15) is 4.31 Å². The van der Waals surface area contributed by atoms with Crippen molar-refractivity contribution in [3.05, 3.63) is 50.7 Å². The number of benzene rings is 1. The van der Waals surface area contributed by atoms with E-state index in [9.17, 15) is 8.42 Å². The summed E-state index contributed by atoms with van der Waals surface area (Å²) in [5.41, 5.74) is 7.14. The summed E-state index contributed by atoms with van der Waals surface area (Å²) in [7, 11) is -2.03. The van der Waals surface area contributed by atoms with Crippen molar-refractivity contribution in [3.8, 4) is 0 Å². The smallest absolute Gasteiger partial charge is 0.244 e. The minimum absolute atomic E-state index is 0.215. The van der Waals surface area contributed by atoms with Gasteiger partial charge in [0.15, 0.2) is 0 Å². The van der Waals surface area contributed by atoms with Crippen LogP contribution in [0.25, 0.3) is 0 Å². The average Bonchev–Trinajstić information content (AvgIpc) is 2.83. The fourth-order valence-electron chi connectivity index (χ4n) is 2.08. The Bertz CT molecular complexity index is 741. The number of halogens is 1. The van der Waals surface area contributed by atoms with Gasteiger partial charge < -0.3 is 5.73 Å². The standard InChI is InChI=1S/C14H17ClN2O2S2/c1-10-9-20-13(7-16)14(10)21(18,19)17(2)8-11-5-3-4-6-12(11)15/h3-6,9H,7-8,16H2,1-2H3. The van der Waals surface area contributed by atoms with E-state index in [1.54, 1.807) is 20.0 Å². The van der Waals surface area contributed by atoms with Crippen LogP contribution in [0.2, 0.25) is 5.02 Å². The topological polar surface area (TPSA) is 63.4 Å². The van der Waals surface area contributed by atoms with E-state index >= 15 is 0 Å². The van der Waals surface area contributed by atoms with Gasteiger partial charge in [0.1, 0.15) is 4.90 Å². The van der Waals surface area contributed by atoms with Crippen LogP contribution in [0, 0.1) is 6.92 Å². The van der Waals surface area contributed by atoms with Crippen LogP contribution in [0.4, 0.5) is 0 Å². The minimum Gasteiger partial charge on any atom is -0.326 e. The van der Waals surface area contributed by atoms with Crippen LogP contribution in [0.15, 0.2) is 34.5 Å². The highest BCUT2D eigenvalue weighted by atomic mass is 35.5. The van der Waals surface area contributed by atoms with Crippen molar-refractivity contribution in [1.29, 1.82) is 0 Å². The second-order valence-electron chi connectivity index (χ2n) is 4.73. The van der Waals surface area contributed by atoms with E-state index in [1.165, 1.54) is 15.6 Å². The summed E-state index contributed by atoms with van der Waals surface area (Å²) in [4.78, 5) is 1.00. The highest BCUT2D eigenvalue weighted by molar-refractivity contribution is 7.89. The van der Waals surface area contributed by atoms with Crippen molar-refractivity contribution in [2.45, 2.75) is 24.9 Å². The molecule has 0 fully saturated rings. The quantitative estimate of drug-likeness (QED) is 0.906. The van der Waals surface area contributed by atoms with Crippen molar-refractivity contribution in [1.82, 2.24) is 4.31 Å². The van der Waals surface area contributed by atoms with Crippen LogP contribution in [0.5, 0.6) is 0 Å². The highest BCUT2D eigenvalue weighted by Crippen LogP contribution is 2.30. The van der Waals surface area contributed by atoms with Crippen molar-refractivity contribution in [2.75, 3.05) is 7.05 Å². The summed E-state index contributed by atoms with van der Waals surface area (Å²) in [5, 5.41) is 2.37. The first-order chi connectivity index (χ1) is 9.87. The maximum absolute atomic E-state index is 12.7. The summed E-state index contributed by atoms with van der Waals surface area (Å²) >= 11 is 7.47. The molecule has 1 aromatic carbocycles. The lowest BCUT2D eigenvalue weighted by Crippen LogP contribution is -2.27. The first-order valence-electron chi connectivity index (χ1n) is 6.34. The first kappa shape index (κ1) is 16.5. The van der Waals surface area contributed by atoms with Crippen molar-refractivity contribution in [3.63, 3.8) is 0 Å². The third-order valence-electron chi connectivity index (χ3n) is 3.19. The molecular weight excluding hydrogens is 328 g/mol. The zero-order valence-corrected chi connectivity index (χ0v) is 14.2. The molecule has 0 radical (unpaired) electrons. The van der Waals surface area contributed by atoms with Crippen LogP contribution >= 0.6 is 22.9 Å². The Morgan fingerprint density at radius 2 is 2.00 bits per heavy atom. The van der Waals surface area contributed by atoms with Crippen LogP contribution in [-0.2, 0) is 23.1 Å². The number of sulfonamides is 1. The van der Waals surface area contributed by atoms with Gasteiger partial charge in [-0.05, 0) is 29.5 Å². The molecule has 0 unspecified atom stereocenters. The molecule has 114 valence electrons. The van der Waals surface area contributed by atoms with Crippen molar-refractivity contribution < 1.29 is 8.42 Å². The normalized spacial score (nSPS) is 12.0. The Kier molecular flexibility index (Phi) is 5.06. The number of nitrogens with two attached hydrogens (primary N) is 1. The van der Waals surface area contributed by atoms with Gasteiger partial charge in [0.2, 0.25) is 10.0 Å². The molecule has 2 N–H and O–H groups in total. The molecule has 0 aliphatic heterocycles. The lowest BCUT2D eigenvalue weighted by molar-refractivity contribution is 0.466. The molecule has 4 nitrogen and oxygen atoms in total. The minimum atomic E-state index is -3.58. The third kappa shape index (κ3) is 3.30. The van der Waals surface area contributed by atoms with Crippen LogP contribution in [0.1, 0.15) is 16.0 Å². The molecule has 1 aromatic heterocycles. The Morgan fingerprint density at radius 1 is 1.33 bits per heavy atom. The number of hydrogen-bond donors (Lipinski definition) is 1. The molecule has 0 atom stereocenters. The molecule has 21 heavy (non-hydrogen) atoms. The van der Waals surface area contributed by atoms with E-state index in [0.717, 1.165) is 11.1 Å². The lowest BCUT2D eigenvalue weighted by atomic mass is 10.2. The van der Waals surface area contributed by atoms with E-state index in [-0.39, 0.29) is 13.1 Å². The number of thiophene rings is 1. The molecule has 0 saturated heterocycles. The Morgan fingerprint density at radius 3 is 2.62 bits per heavy atom. The molecule has 0 amide bonds. The zero-order chi connectivity index (χ0) is 15.6. The maximum atomic E-state index is 12.7. The molecule has 2 rings (SSSR count). The molecule has 2 aromatic rings. The Labute approximate surface area is 134 Å². The molecular formula is C14H17ClN2O2S2. The fraction of sp³-hybridized carbons (Fsp3) is 0.286. The van der Waals surface area contributed by atoms with Crippen LogP contribution in [0.3, 0.4) is 0 Å². The molecule has 0 bridgehead atoms. The number of aryl methyl sites for hydroxylation is 1. The number of hydrogen-bond acceptors (Lipinski definition) is 4. The lowest BCUT2D eigenvalue weighted by Gasteiger charge is -2.19. The molecule has 7 heteroatoms. The maximum Gasteiger partial charge on any atom is 0.244 e. The second kappa shape index (κ2) is 6.46. The Hall–Kier alpha value is -0.920. The van der Waals surface area contributed by atoms with Crippen molar-refractivity contribution >= 4 is 33.0 Å². The highest BCUT2D eigenvalue weighted by Gasteiger charge is 2.27. The summed E-state index contributed by atoms with van der Waals surface area (Å²) in [6, 6.07) is 7.22. The summed E-state index contributed by atoms with van der Waals surface area (Å²) in [6.45, 7) is 2.22. The predicted octanol–water partition coefficient (Wildman–Crippen LogP) is 2.99. The number of nitrogens with zero attached hydrogens (tertiary/aromatic N) is 1. The van der Waals surface area contributed by atoms with E-state index < -0.39 is 10.0 Å². The van der Waals surface area contributed by atoms with E-state index in [4.69, 9.17) is 17.3 Å².